The number of benzene rings is 2. The maximum atomic E-state index is 5.00. The van der Waals surface area contributed by atoms with E-state index in [9.17, 15) is 0 Å². The molecule has 3 heterocycles. The van der Waals surface area contributed by atoms with Crippen molar-refractivity contribution in [2.45, 2.75) is 0 Å². The molecular weight excluding hydrogens is 396 g/mol. The molecule has 3 aliphatic rings. The maximum absolute atomic E-state index is 5.00. The summed E-state index contributed by atoms with van der Waals surface area (Å²) >= 11 is 0. The van der Waals surface area contributed by atoms with Gasteiger partial charge in [-0.1, -0.05) is 24.3 Å². The smallest absolute Gasteiger partial charge is 0.235 e. The molecule has 5 rings (SSSR count). The van der Waals surface area contributed by atoms with Crippen LogP contribution in [0.2, 0.25) is 0 Å². The highest BCUT2D eigenvalue weighted by atomic mass is 15.3. The molecule has 2 aromatic carbocycles. The lowest BCUT2D eigenvalue weighted by atomic mass is 10.0. The lowest BCUT2D eigenvalue weighted by molar-refractivity contribution is 0.648. The number of nitrogens with one attached hydrogen (secondary N) is 2. The standard InChI is InChI=1S/C26H26N6/c1-27-22-11-6-5-10-20(22)24-15-18-8-7-9-19-16-25(30-26(29-24)32(18)19)21-13-12-17(31(3)4)14-23(21)28-2/h5-16,27-28H,1-4H3. The van der Waals surface area contributed by atoms with Crippen molar-refractivity contribution in [3.05, 3.63) is 95.4 Å². The van der Waals surface area contributed by atoms with Crippen molar-refractivity contribution in [3.8, 4) is 0 Å². The fraction of sp³-hybridized carbons (Fsp3) is 0.154. The van der Waals surface area contributed by atoms with Gasteiger partial charge in [0.05, 0.1) is 22.8 Å². The van der Waals surface area contributed by atoms with Crippen LogP contribution in [0.1, 0.15) is 11.1 Å². The van der Waals surface area contributed by atoms with Crippen molar-refractivity contribution in [3.63, 3.8) is 0 Å². The predicted molar refractivity (Wildman–Crippen MR) is 135 cm³/mol. The third kappa shape index (κ3) is 3.30. The maximum Gasteiger partial charge on any atom is 0.235 e. The summed E-state index contributed by atoms with van der Waals surface area (Å²) in [5.41, 5.74) is 9.20. The van der Waals surface area contributed by atoms with Gasteiger partial charge in [0.25, 0.3) is 0 Å². The Balaban J connectivity index is 1.64. The van der Waals surface area contributed by atoms with Gasteiger partial charge in [0.1, 0.15) is 0 Å². The summed E-state index contributed by atoms with van der Waals surface area (Å²) in [5.74, 6) is 0.676. The van der Waals surface area contributed by atoms with Crippen LogP contribution in [0.25, 0.3) is 5.70 Å². The number of allylic oxidation sites excluding steroid dienone is 5. The molecule has 0 aromatic heterocycles. The Morgan fingerprint density at radius 1 is 0.844 bits per heavy atom. The Bertz CT molecular complexity index is 1270. The third-order valence-corrected chi connectivity index (χ3v) is 5.80. The molecule has 0 aliphatic carbocycles. The van der Waals surface area contributed by atoms with Gasteiger partial charge in [-0.05, 0) is 48.6 Å². The highest BCUT2D eigenvalue weighted by Gasteiger charge is 2.29. The van der Waals surface area contributed by atoms with Crippen molar-refractivity contribution in [2.24, 2.45) is 9.98 Å². The highest BCUT2D eigenvalue weighted by molar-refractivity contribution is 6.19. The van der Waals surface area contributed by atoms with E-state index in [1.807, 2.05) is 40.3 Å². The summed E-state index contributed by atoms with van der Waals surface area (Å²) in [6.07, 6.45) is 10.5. The SMILES string of the molecule is CNc1ccccc1C1=CC2=CC=CC3=CC(c4ccc(N(C)C)cc4NC)=NC(=N1)N23. The number of guanidine groups is 1. The zero-order chi connectivity index (χ0) is 22.2. The van der Waals surface area contributed by atoms with E-state index in [0.717, 1.165) is 51.0 Å². The van der Waals surface area contributed by atoms with Gasteiger partial charge < -0.3 is 15.5 Å². The van der Waals surface area contributed by atoms with E-state index in [0.29, 0.717) is 5.96 Å². The van der Waals surface area contributed by atoms with E-state index in [1.54, 1.807) is 0 Å². The summed E-state index contributed by atoms with van der Waals surface area (Å²) < 4.78 is 0. The van der Waals surface area contributed by atoms with Gasteiger partial charge in [-0.3, -0.25) is 4.90 Å². The summed E-state index contributed by atoms with van der Waals surface area (Å²) in [6, 6.07) is 14.6. The van der Waals surface area contributed by atoms with E-state index < -0.39 is 0 Å². The molecule has 2 N–H and O–H groups in total. The predicted octanol–water partition coefficient (Wildman–Crippen LogP) is 4.69. The average Bonchev–Trinajstić information content (AvgIpc) is 2.83. The summed E-state index contributed by atoms with van der Waals surface area (Å²) in [7, 11) is 7.95. The van der Waals surface area contributed by atoms with E-state index >= 15 is 0 Å². The Labute approximate surface area is 188 Å². The first-order valence-electron chi connectivity index (χ1n) is 10.6. The molecular formula is C26H26N6. The second-order valence-electron chi connectivity index (χ2n) is 7.96. The number of rotatable bonds is 5. The molecule has 0 fully saturated rings. The average molecular weight is 423 g/mol. The molecule has 0 saturated carbocycles. The van der Waals surface area contributed by atoms with Crippen molar-refractivity contribution in [2.75, 3.05) is 43.7 Å². The molecule has 0 saturated heterocycles. The molecule has 0 bridgehead atoms. The third-order valence-electron chi connectivity index (χ3n) is 5.80. The topological polar surface area (TPSA) is 55.3 Å². The van der Waals surface area contributed by atoms with Gasteiger partial charge in [-0.15, -0.1) is 0 Å². The van der Waals surface area contributed by atoms with Gasteiger partial charge >= 0.3 is 0 Å². The van der Waals surface area contributed by atoms with Crippen LogP contribution < -0.4 is 15.5 Å². The van der Waals surface area contributed by atoms with Crippen molar-refractivity contribution >= 4 is 34.4 Å². The Kier molecular flexibility index (Phi) is 4.90. The number of nitrogens with zero attached hydrogens (tertiary/aromatic N) is 4. The van der Waals surface area contributed by atoms with Gasteiger partial charge in [-0.2, -0.15) is 0 Å². The number of hydrogen-bond donors (Lipinski definition) is 2. The molecule has 160 valence electrons. The fourth-order valence-corrected chi connectivity index (χ4v) is 4.13. The minimum absolute atomic E-state index is 0.676. The van der Waals surface area contributed by atoms with Crippen molar-refractivity contribution < 1.29 is 0 Å². The highest BCUT2D eigenvalue weighted by Crippen LogP contribution is 2.36. The van der Waals surface area contributed by atoms with Gasteiger partial charge in [0.2, 0.25) is 5.96 Å². The van der Waals surface area contributed by atoms with Gasteiger partial charge in [0, 0.05) is 56.4 Å². The molecule has 6 nitrogen and oxygen atoms in total. The Morgan fingerprint density at radius 3 is 2.44 bits per heavy atom. The first-order valence-corrected chi connectivity index (χ1v) is 10.6. The molecule has 2 aromatic rings. The second-order valence-corrected chi connectivity index (χ2v) is 7.96. The second kappa shape index (κ2) is 7.89. The van der Waals surface area contributed by atoms with Crippen LogP contribution in [0.3, 0.4) is 0 Å². The minimum atomic E-state index is 0.676. The van der Waals surface area contributed by atoms with E-state index in [1.165, 1.54) is 0 Å². The monoisotopic (exact) mass is 422 g/mol. The normalized spacial score (nSPS) is 16.2. The summed E-state index contributed by atoms with van der Waals surface area (Å²) in [6.45, 7) is 0. The van der Waals surface area contributed by atoms with Gasteiger partial charge in [0.15, 0.2) is 0 Å². The lowest BCUT2D eigenvalue weighted by Gasteiger charge is -2.34. The van der Waals surface area contributed by atoms with Crippen LogP contribution in [-0.4, -0.2) is 44.8 Å². The fourth-order valence-electron chi connectivity index (χ4n) is 4.13. The van der Waals surface area contributed by atoms with E-state index in [4.69, 9.17) is 9.98 Å². The molecule has 0 spiro atoms. The Morgan fingerprint density at radius 2 is 1.66 bits per heavy atom. The molecule has 0 unspecified atom stereocenters. The largest absolute Gasteiger partial charge is 0.388 e. The number of para-hydroxylation sites is 1. The van der Waals surface area contributed by atoms with Crippen LogP contribution in [0.15, 0.2) is 94.2 Å². The lowest BCUT2D eigenvalue weighted by Crippen LogP contribution is -2.34. The molecule has 0 amide bonds. The molecule has 32 heavy (non-hydrogen) atoms. The molecule has 6 heteroatoms. The van der Waals surface area contributed by atoms with E-state index in [2.05, 4.69) is 81.1 Å². The number of aliphatic imine (C=N–C) groups is 2. The summed E-state index contributed by atoms with van der Waals surface area (Å²) in [4.78, 5) is 14.2. The first-order chi connectivity index (χ1) is 15.6. The van der Waals surface area contributed by atoms with Crippen LogP contribution in [0, 0.1) is 0 Å². The molecule has 0 atom stereocenters. The minimum Gasteiger partial charge on any atom is -0.388 e. The van der Waals surface area contributed by atoms with Crippen LogP contribution in [0.4, 0.5) is 17.1 Å². The Hall–Kier alpha value is -4.06. The van der Waals surface area contributed by atoms with Crippen LogP contribution in [-0.2, 0) is 0 Å². The van der Waals surface area contributed by atoms with E-state index in [-0.39, 0.29) is 0 Å². The quantitative estimate of drug-likeness (QED) is 0.734. The van der Waals surface area contributed by atoms with Crippen molar-refractivity contribution in [1.82, 2.24) is 4.90 Å². The first kappa shape index (κ1) is 19.9. The van der Waals surface area contributed by atoms with Crippen LogP contribution in [0.5, 0.6) is 0 Å². The number of hydrogen-bond acceptors (Lipinski definition) is 6. The van der Waals surface area contributed by atoms with Crippen molar-refractivity contribution in [1.29, 1.82) is 0 Å². The summed E-state index contributed by atoms with van der Waals surface area (Å²) in [5, 5.41) is 6.59. The molecule has 3 aliphatic heterocycles. The molecule has 0 radical (unpaired) electrons. The zero-order valence-electron chi connectivity index (χ0n) is 18.7. The van der Waals surface area contributed by atoms with Crippen LogP contribution >= 0.6 is 0 Å². The van der Waals surface area contributed by atoms with Gasteiger partial charge in [-0.25, -0.2) is 9.98 Å². The number of anilines is 3. The zero-order valence-corrected chi connectivity index (χ0v) is 18.7.